The van der Waals surface area contributed by atoms with E-state index in [1.54, 1.807) is 23.3 Å². The van der Waals surface area contributed by atoms with Crippen LogP contribution in [0.15, 0.2) is 53.1 Å². The zero-order chi connectivity index (χ0) is 17.5. The Morgan fingerprint density at radius 3 is 2.44 bits per heavy atom. The maximum Gasteiger partial charge on any atom is 0.232 e. The standard InChI is InChI=1S/C19H23N3O3/c23-18(20-14-17-7-4-12-25-17)13-19(24)22-10-8-21(9-11-22)15-16-5-2-1-3-6-16/h1-7,12H,8-11,13-15H2,(H,20,23). The van der Waals surface area contributed by atoms with Crippen LogP contribution in [0.2, 0.25) is 0 Å². The minimum absolute atomic E-state index is 0.112. The van der Waals surface area contributed by atoms with E-state index < -0.39 is 0 Å². The summed E-state index contributed by atoms with van der Waals surface area (Å²) in [5.74, 6) is 0.291. The summed E-state index contributed by atoms with van der Waals surface area (Å²) in [7, 11) is 0. The first-order valence-corrected chi connectivity index (χ1v) is 8.54. The molecule has 1 N–H and O–H groups in total. The monoisotopic (exact) mass is 341 g/mol. The lowest BCUT2D eigenvalue weighted by atomic mass is 10.2. The van der Waals surface area contributed by atoms with Crippen molar-refractivity contribution in [3.63, 3.8) is 0 Å². The normalized spacial score (nSPS) is 15.1. The van der Waals surface area contributed by atoms with Gasteiger partial charge in [0.2, 0.25) is 11.8 Å². The number of carbonyl (C=O) groups excluding carboxylic acids is 2. The first-order chi connectivity index (χ1) is 12.2. The second-order valence-electron chi connectivity index (χ2n) is 6.18. The van der Waals surface area contributed by atoms with Gasteiger partial charge < -0.3 is 14.6 Å². The maximum absolute atomic E-state index is 12.3. The van der Waals surface area contributed by atoms with Crippen LogP contribution in [-0.4, -0.2) is 47.8 Å². The molecule has 6 heteroatoms. The molecule has 3 rings (SSSR count). The molecule has 0 spiro atoms. The number of nitrogens with one attached hydrogen (secondary N) is 1. The summed E-state index contributed by atoms with van der Waals surface area (Å²) in [4.78, 5) is 28.2. The summed E-state index contributed by atoms with van der Waals surface area (Å²) in [6, 6.07) is 13.9. The molecule has 2 heterocycles. The van der Waals surface area contributed by atoms with Crippen molar-refractivity contribution in [3.05, 3.63) is 60.1 Å². The number of benzene rings is 1. The molecule has 1 fully saturated rings. The molecule has 25 heavy (non-hydrogen) atoms. The minimum Gasteiger partial charge on any atom is -0.467 e. The number of rotatable bonds is 6. The Morgan fingerprint density at radius 1 is 1.00 bits per heavy atom. The summed E-state index contributed by atoms with van der Waals surface area (Å²) in [6.45, 7) is 4.19. The van der Waals surface area contributed by atoms with Gasteiger partial charge in [0.1, 0.15) is 12.2 Å². The van der Waals surface area contributed by atoms with Crippen LogP contribution >= 0.6 is 0 Å². The van der Waals surface area contributed by atoms with Gasteiger partial charge in [-0.1, -0.05) is 30.3 Å². The van der Waals surface area contributed by atoms with E-state index in [-0.39, 0.29) is 18.2 Å². The molecule has 0 unspecified atom stereocenters. The average molecular weight is 341 g/mol. The topological polar surface area (TPSA) is 65.8 Å². The zero-order valence-electron chi connectivity index (χ0n) is 14.2. The molecule has 1 aromatic carbocycles. The van der Waals surface area contributed by atoms with E-state index in [9.17, 15) is 9.59 Å². The highest BCUT2D eigenvalue weighted by Crippen LogP contribution is 2.09. The third kappa shape index (κ3) is 5.19. The summed E-state index contributed by atoms with van der Waals surface area (Å²) < 4.78 is 5.15. The van der Waals surface area contributed by atoms with Crippen molar-refractivity contribution in [2.75, 3.05) is 26.2 Å². The van der Waals surface area contributed by atoms with Gasteiger partial charge in [0.25, 0.3) is 0 Å². The summed E-state index contributed by atoms with van der Waals surface area (Å²) in [5.41, 5.74) is 1.28. The van der Waals surface area contributed by atoms with Crippen molar-refractivity contribution in [1.82, 2.24) is 15.1 Å². The van der Waals surface area contributed by atoms with Gasteiger partial charge in [-0.25, -0.2) is 0 Å². The van der Waals surface area contributed by atoms with Crippen LogP contribution in [0.3, 0.4) is 0 Å². The van der Waals surface area contributed by atoms with Gasteiger partial charge >= 0.3 is 0 Å². The number of piperazine rings is 1. The molecule has 1 aliphatic heterocycles. The summed E-state index contributed by atoms with van der Waals surface area (Å²) in [6.07, 6.45) is 1.45. The van der Waals surface area contributed by atoms with Crippen molar-refractivity contribution >= 4 is 11.8 Å². The molecule has 0 bridgehead atoms. The third-order valence-corrected chi connectivity index (χ3v) is 4.33. The van der Waals surface area contributed by atoms with E-state index in [0.717, 1.165) is 19.6 Å². The molecular weight excluding hydrogens is 318 g/mol. The largest absolute Gasteiger partial charge is 0.467 e. The lowest BCUT2D eigenvalue weighted by molar-refractivity contribution is -0.137. The molecule has 1 aliphatic rings. The van der Waals surface area contributed by atoms with E-state index in [0.29, 0.717) is 25.4 Å². The maximum atomic E-state index is 12.3. The van der Waals surface area contributed by atoms with Crippen molar-refractivity contribution in [3.8, 4) is 0 Å². The van der Waals surface area contributed by atoms with Gasteiger partial charge in [-0.05, 0) is 17.7 Å². The molecule has 6 nitrogen and oxygen atoms in total. The number of furan rings is 1. The van der Waals surface area contributed by atoms with E-state index in [4.69, 9.17) is 4.42 Å². The predicted octanol–water partition coefficient (Wildman–Crippen LogP) is 1.63. The first kappa shape index (κ1) is 17.2. The fraction of sp³-hybridized carbons (Fsp3) is 0.368. The van der Waals surface area contributed by atoms with Crippen molar-refractivity contribution < 1.29 is 14.0 Å². The first-order valence-electron chi connectivity index (χ1n) is 8.54. The van der Waals surface area contributed by atoms with Gasteiger partial charge in [-0.15, -0.1) is 0 Å². The number of amides is 2. The number of hydrogen-bond acceptors (Lipinski definition) is 4. The van der Waals surface area contributed by atoms with Crippen LogP contribution < -0.4 is 5.32 Å². The van der Waals surface area contributed by atoms with Gasteiger partial charge in [0.15, 0.2) is 0 Å². The van der Waals surface area contributed by atoms with Crippen LogP contribution in [0.5, 0.6) is 0 Å². The molecule has 2 amide bonds. The number of carbonyl (C=O) groups is 2. The molecule has 0 atom stereocenters. The predicted molar refractivity (Wildman–Crippen MR) is 93.5 cm³/mol. The number of nitrogens with zero attached hydrogens (tertiary/aromatic N) is 2. The number of hydrogen-bond donors (Lipinski definition) is 1. The Balaban J connectivity index is 1.38. The van der Waals surface area contributed by atoms with E-state index in [1.165, 1.54) is 5.56 Å². The van der Waals surface area contributed by atoms with Crippen molar-refractivity contribution in [2.24, 2.45) is 0 Å². The lowest BCUT2D eigenvalue weighted by Gasteiger charge is -2.34. The SMILES string of the molecule is O=C(CC(=O)N1CCN(Cc2ccccc2)CC1)NCc1ccco1. The molecule has 2 aromatic rings. The van der Waals surface area contributed by atoms with Gasteiger partial charge in [-0.2, -0.15) is 0 Å². The average Bonchev–Trinajstić information content (AvgIpc) is 3.15. The highest BCUT2D eigenvalue weighted by Gasteiger charge is 2.22. The van der Waals surface area contributed by atoms with Crippen LogP contribution in [0.1, 0.15) is 17.7 Å². The Labute approximate surface area is 147 Å². The second kappa shape index (κ2) is 8.48. The molecule has 0 saturated carbocycles. The highest BCUT2D eigenvalue weighted by molar-refractivity contribution is 5.96. The molecule has 0 aliphatic carbocycles. The fourth-order valence-electron chi connectivity index (χ4n) is 2.91. The Morgan fingerprint density at radius 2 is 1.76 bits per heavy atom. The van der Waals surface area contributed by atoms with Crippen LogP contribution in [-0.2, 0) is 22.7 Å². The Bertz CT molecular complexity index is 677. The van der Waals surface area contributed by atoms with E-state index in [1.807, 2.05) is 18.2 Å². The third-order valence-electron chi connectivity index (χ3n) is 4.33. The smallest absolute Gasteiger partial charge is 0.232 e. The molecule has 1 aromatic heterocycles. The van der Waals surface area contributed by atoms with E-state index >= 15 is 0 Å². The van der Waals surface area contributed by atoms with Crippen LogP contribution in [0.4, 0.5) is 0 Å². The van der Waals surface area contributed by atoms with Crippen molar-refractivity contribution in [1.29, 1.82) is 0 Å². The van der Waals surface area contributed by atoms with Gasteiger partial charge in [0, 0.05) is 32.7 Å². The van der Waals surface area contributed by atoms with Crippen LogP contribution in [0.25, 0.3) is 0 Å². The zero-order valence-corrected chi connectivity index (χ0v) is 14.2. The molecule has 1 saturated heterocycles. The van der Waals surface area contributed by atoms with Gasteiger partial charge in [0.05, 0.1) is 12.8 Å². The summed E-state index contributed by atoms with van der Waals surface area (Å²) in [5, 5.41) is 2.71. The Kier molecular flexibility index (Phi) is 5.85. The summed E-state index contributed by atoms with van der Waals surface area (Å²) >= 11 is 0. The fourth-order valence-corrected chi connectivity index (χ4v) is 2.91. The second-order valence-corrected chi connectivity index (χ2v) is 6.18. The molecular formula is C19H23N3O3. The minimum atomic E-state index is -0.270. The lowest BCUT2D eigenvalue weighted by Crippen LogP contribution is -2.49. The Hall–Kier alpha value is -2.60. The molecule has 132 valence electrons. The van der Waals surface area contributed by atoms with Crippen LogP contribution in [0, 0.1) is 0 Å². The highest BCUT2D eigenvalue weighted by atomic mass is 16.3. The molecule has 0 radical (unpaired) electrons. The van der Waals surface area contributed by atoms with Gasteiger partial charge in [-0.3, -0.25) is 14.5 Å². The quantitative estimate of drug-likeness (QED) is 0.811. The van der Waals surface area contributed by atoms with E-state index in [2.05, 4.69) is 22.3 Å². The van der Waals surface area contributed by atoms with Crippen molar-refractivity contribution in [2.45, 2.75) is 19.5 Å².